The van der Waals surface area contributed by atoms with Crippen molar-refractivity contribution < 1.29 is 15.0 Å². The summed E-state index contributed by atoms with van der Waals surface area (Å²) in [6, 6.07) is 0. The summed E-state index contributed by atoms with van der Waals surface area (Å²) >= 11 is 0. The molecule has 0 heterocycles. The first-order valence-electron chi connectivity index (χ1n) is 7.64. The molecule has 3 N–H and O–H groups in total. The topological polar surface area (TPSA) is 69.6 Å². The average molecular weight is 271 g/mol. The number of hydrogen-bond donors (Lipinski definition) is 3. The second-order valence-electron chi connectivity index (χ2n) is 6.11. The fraction of sp³-hybridized carbons (Fsp3) is 0.933. The normalized spacial score (nSPS) is 18.5. The molecule has 0 bridgehead atoms. The van der Waals surface area contributed by atoms with E-state index in [9.17, 15) is 15.0 Å². The van der Waals surface area contributed by atoms with Gasteiger partial charge >= 0.3 is 0 Å². The standard InChI is InChI=1S/C15H29NO3/c1-3-7-14(18,8-4-2)11-13(17)16-12-15(19)9-5-6-10-15/h18-19H,3-12H2,1-2H3,(H,16,17). The molecule has 1 fully saturated rings. The summed E-state index contributed by atoms with van der Waals surface area (Å²) in [5, 5.41) is 23.4. The number of hydrogen-bond acceptors (Lipinski definition) is 3. The zero-order valence-corrected chi connectivity index (χ0v) is 12.4. The van der Waals surface area contributed by atoms with Gasteiger partial charge < -0.3 is 15.5 Å². The maximum atomic E-state index is 11.9. The monoisotopic (exact) mass is 271 g/mol. The van der Waals surface area contributed by atoms with Gasteiger partial charge in [-0.3, -0.25) is 4.79 Å². The highest BCUT2D eigenvalue weighted by molar-refractivity contribution is 5.77. The van der Waals surface area contributed by atoms with Crippen molar-refractivity contribution in [1.82, 2.24) is 5.32 Å². The van der Waals surface area contributed by atoms with Crippen LogP contribution in [0.5, 0.6) is 0 Å². The van der Waals surface area contributed by atoms with E-state index in [0.717, 1.165) is 38.5 Å². The smallest absolute Gasteiger partial charge is 0.222 e. The van der Waals surface area contributed by atoms with Crippen LogP contribution in [0.1, 0.15) is 71.6 Å². The molecule has 0 aliphatic heterocycles. The maximum Gasteiger partial charge on any atom is 0.222 e. The number of carbonyl (C=O) groups excluding carboxylic acids is 1. The van der Waals surface area contributed by atoms with Crippen LogP contribution in [-0.4, -0.2) is 33.9 Å². The lowest BCUT2D eigenvalue weighted by Crippen LogP contribution is -2.43. The first kappa shape index (κ1) is 16.4. The van der Waals surface area contributed by atoms with Gasteiger partial charge in [-0.1, -0.05) is 39.5 Å². The van der Waals surface area contributed by atoms with Crippen molar-refractivity contribution in [3.8, 4) is 0 Å². The van der Waals surface area contributed by atoms with Gasteiger partial charge in [0.2, 0.25) is 5.91 Å². The summed E-state index contributed by atoms with van der Waals surface area (Å²) in [5.74, 6) is -0.148. The van der Waals surface area contributed by atoms with Crippen molar-refractivity contribution >= 4 is 5.91 Å². The van der Waals surface area contributed by atoms with Gasteiger partial charge in [-0.2, -0.15) is 0 Å². The third kappa shape index (κ3) is 5.49. The second-order valence-corrected chi connectivity index (χ2v) is 6.11. The molecular weight excluding hydrogens is 242 g/mol. The SMILES string of the molecule is CCCC(O)(CCC)CC(=O)NCC1(O)CCCC1. The molecule has 0 radical (unpaired) electrons. The third-order valence-electron chi connectivity index (χ3n) is 4.07. The molecule has 0 aromatic heterocycles. The minimum Gasteiger partial charge on any atom is -0.389 e. The molecule has 0 spiro atoms. The average Bonchev–Trinajstić information content (AvgIpc) is 2.75. The Labute approximate surface area is 116 Å². The molecule has 0 saturated heterocycles. The Bertz CT molecular complexity index is 279. The summed E-state index contributed by atoms with van der Waals surface area (Å²) in [6.45, 7) is 4.35. The predicted molar refractivity (Wildman–Crippen MR) is 75.8 cm³/mol. The number of aliphatic hydroxyl groups is 2. The van der Waals surface area contributed by atoms with Crippen LogP contribution in [0.15, 0.2) is 0 Å². The lowest BCUT2D eigenvalue weighted by molar-refractivity contribution is -0.128. The summed E-state index contributed by atoms with van der Waals surface area (Å²) in [4.78, 5) is 11.9. The van der Waals surface area contributed by atoms with Crippen molar-refractivity contribution in [1.29, 1.82) is 0 Å². The van der Waals surface area contributed by atoms with Crippen LogP contribution in [-0.2, 0) is 4.79 Å². The second kappa shape index (κ2) is 7.25. The molecule has 1 amide bonds. The van der Waals surface area contributed by atoms with Gasteiger partial charge in [-0.15, -0.1) is 0 Å². The first-order valence-corrected chi connectivity index (χ1v) is 7.64. The van der Waals surface area contributed by atoms with Crippen molar-refractivity contribution in [2.45, 2.75) is 82.8 Å². The van der Waals surface area contributed by atoms with Gasteiger partial charge in [0, 0.05) is 6.54 Å². The van der Waals surface area contributed by atoms with Gasteiger partial charge in [0.15, 0.2) is 0 Å². The van der Waals surface area contributed by atoms with Crippen molar-refractivity contribution in [3.63, 3.8) is 0 Å². The Morgan fingerprint density at radius 1 is 1.21 bits per heavy atom. The van der Waals surface area contributed by atoms with E-state index in [1.54, 1.807) is 0 Å². The zero-order chi connectivity index (χ0) is 14.4. The Balaban J connectivity index is 2.39. The predicted octanol–water partition coefficient (Wildman–Crippen LogP) is 2.13. The van der Waals surface area contributed by atoms with Crippen LogP contribution in [0.25, 0.3) is 0 Å². The molecule has 0 atom stereocenters. The first-order chi connectivity index (χ1) is 8.93. The number of amides is 1. The van der Waals surface area contributed by atoms with Gasteiger partial charge in [0.05, 0.1) is 17.6 Å². The van der Waals surface area contributed by atoms with Gasteiger partial charge in [0.25, 0.3) is 0 Å². The molecule has 4 heteroatoms. The van der Waals surface area contributed by atoms with Crippen LogP contribution in [0.4, 0.5) is 0 Å². The van der Waals surface area contributed by atoms with Crippen LogP contribution in [0, 0.1) is 0 Å². The fourth-order valence-corrected chi connectivity index (χ4v) is 3.07. The van der Waals surface area contributed by atoms with Crippen LogP contribution < -0.4 is 5.32 Å². The number of carbonyl (C=O) groups is 1. The van der Waals surface area contributed by atoms with Gasteiger partial charge in [-0.25, -0.2) is 0 Å². The lowest BCUT2D eigenvalue weighted by atomic mass is 9.89. The molecule has 0 aromatic rings. The quantitative estimate of drug-likeness (QED) is 0.633. The summed E-state index contributed by atoms with van der Waals surface area (Å²) in [5.41, 5.74) is -1.60. The Morgan fingerprint density at radius 3 is 2.21 bits per heavy atom. The summed E-state index contributed by atoms with van der Waals surface area (Å²) in [7, 11) is 0. The molecule has 1 saturated carbocycles. The Morgan fingerprint density at radius 2 is 1.74 bits per heavy atom. The minimum absolute atomic E-state index is 0.144. The minimum atomic E-state index is -0.883. The molecule has 1 aliphatic carbocycles. The zero-order valence-electron chi connectivity index (χ0n) is 12.4. The van der Waals surface area contributed by atoms with E-state index in [1.807, 2.05) is 13.8 Å². The fourth-order valence-electron chi connectivity index (χ4n) is 3.07. The van der Waals surface area contributed by atoms with E-state index >= 15 is 0 Å². The van der Waals surface area contributed by atoms with E-state index in [-0.39, 0.29) is 12.3 Å². The number of nitrogens with one attached hydrogen (secondary N) is 1. The van der Waals surface area contributed by atoms with E-state index in [4.69, 9.17) is 0 Å². The highest BCUT2D eigenvalue weighted by atomic mass is 16.3. The van der Waals surface area contributed by atoms with Gasteiger partial charge in [-0.05, 0) is 25.7 Å². The van der Waals surface area contributed by atoms with E-state index in [0.29, 0.717) is 19.4 Å². The van der Waals surface area contributed by atoms with Crippen LogP contribution >= 0.6 is 0 Å². The maximum absolute atomic E-state index is 11.9. The van der Waals surface area contributed by atoms with Crippen LogP contribution in [0.2, 0.25) is 0 Å². The number of rotatable bonds is 8. The Hall–Kier alpha value is -0.610. The van der Waals surface area contributed by atoms with E-state index in [2.05, 4.69) is 5.32 Å². The summed E-state index contributed by atoms with van der Waals surface area (Å²) < 4.78 is 0. The molecule has 1 rings (SSSR count). The lowest BCUT2D eigenvalue weighted by Gasteiger charge is -2.28. The molecule has 112 valence electrons. The molecule has 19 heavy (non-hydrogen) atoms. The van der Waals surface area contributed by atoms with Crippen molar-refractivity contribution in [3.05, 3.63) is 0 Å². The van der Waals surface area contributed by atoms with Crippen molar-refractivity contribution in [2.75, 3.05) is 6.54 Å². The van der Waals surface area contributed by atoms with E-state index in [1.165, 1.54) is 0 Å². The highest BCUT2D eigenvalue weighted by Gasteiger charge is 2.33. The van der Waals surface area contributed by atoms with E-state index < -0.39 is 11.2 Å². The molecule has 0 aromatic carbocycles. The molecule has 4 nitrogen and oxygen atoms in total. The highest BCUT2D eigenvalue weighted by Crippen LogP contribution is 2.29. The van der Waals surface area contributed by atoms with Crippen LogP contribution in [0.3, 0.4) is 0 Å². The van der Waals surface area contributed by atoms with Crippen molar-refractivity contribution in [2.24, 2.45) is 0 Å². The largest absolute Gasteiger partial charge is 0.389 e. The summed E-state index contributed by atoms with van der Waals surface area (Å²) in [6.07, 6.45) is 6.77. The molecular formula is C15H29NO3. The Kier molecular flexibility index (Phi) is 6.27. The molecule has 0 unspecified atom stereocenters. The molecule has 1 aliphatic rings. The third-order valence-corrected chi connectivity index (χ3v) is 4.07. The van der Waals surface area contributed by atoms with Gasteiger partial charge in [0.1, 0.15) is 0 Å².